The molecule has 3 aliphatic rings. The van der Waals surface area contributed by atoms with Gasteiger partial charge in [0, 0.05) is 12.0 Å². The fourth-order valence-electron chi connectivity index (χ4n) is 3.43. The molecule has 2 aliphatic carbocycles. The number of amides is 1. The van der Waals surface area contributed by atoms with Crippen molar-refractivity contribution >= 4 is 11.9 Å². The predicted molar refractivity (Wildman–Crippen MR) is 51.7 cm³/mol. The molecule has 15 heavy (non-hydrogen) atoms. The molecule has 0 spiro atoms. The summed E-state index contributed by atoms with van der Waals surface area (Å²) in [6.45, 7) is 3.38. The maximum absolute atomic E-state index is 11.5. The van der Waals surface area contributed by atoms with Gasteiger partial charge in [0.1, 0.15) is 6.10 Å². The van der Waals surface area contributed by atoms with Crippen LogP contribution >= 0.6 is 0 Å². The molecule has 5 unspecified atom stereocenters. The first-order valence-corrected chi connectivity index (χ1v) is 5.34. The minimum atomic E-state index is -0.384. The van der Waals surface area contributed by atoms with Crippen molar-refractivity contribution in [1.82, 2.24) is 5.32 Å². The molecule has 1 amide bonds. The van der Waals surface area contributed by atoms with Gasteiger partial charge in [0.15, 0.2) is 0 Å². The molecule has 1 N–H and O–H groups in total. The quantitative estimate of drug-likeness (QED) is 0.521. The van der Waals surface area contributed by atoms with Crippen LogP contribution in [0, 0.1) is 17.8 Å². The second-order valence-electron chi connectivity index (χ2n) is 4.64. The number of fused-ring (bicyclic) bond motifs is 1. The van der Waals surface area contributed by atoms with Crippen LogP contribution in [0.5, 0.6) is 0 Å². The summed E-state index contributed by atoms with van der Waals surface area (Å²) in [7, 11) is 0. The predicted octanol–water partition coefficient (Wildman–Crippen LogP) is 0.239. The molecular weight excluding hydrogens is 194 g/mol. The number of carbonyl (C=O) groups excluding carboxylic acids is 2. The van der Waals surface area contributed by atoms with Crippen molar-refractivity contribution in [2.75, 3.05) is 0 Å². The molecule has 4 nitrogen and oxygen atoms in total. The summed E-state index contributed by atoms with van der Waals surface area (Å²) in [5, 5.41) is 2.94. The first kappa shape index (κ1) is 8.95. The van der Waals surface area contributed by atoms with E-state index in [-0.39, 0.29) is 29.9 Å². The Morgan fingerprint density at radius 2 is 2.33 bits per heavy atom. The molecule has 5 atom stereocenters. The average Bonchev–Trinajstić information content (AvgIpc) is 2.81. The third kappa shape index (κ3) is 1.07. The van der Waals surface area contributed by atoms with Gasteiger partial charge in [0.2, 0.25) is 5.91 Å². The van der Waals surface area contributed by atoms with E-state index in [1.807, 2.05) is 0 Å². The fraction of sp³-hybridized carbons (Fsp3) is 0.636. The molecular formula is C11H13NO3. The van der Waals surface area contributed by atoms with Crippen LogP contribution in [-0.4, -0.2) is 24.0 Å². The van der Waals surface area contributed by atoms with Crippen LogP contribution in [0.2, 0.25) is 0 Å². The molecule has 1 saturated heterocycles. The van der Waals surface area contributed by atoms with E-state index in [1.54, 1.807) is 0 Å². The van der Waals surface area contributed by atoms with Crippen molar-refractivity contribution in [2.45, 2.75) is 25.0 Å². The van der Waals surface area contributed by atoms with E-state index >= 15 is 0 Å². The van der Waals surface area contributed by atoms with Crippen LogP contribution < -0.4 is 5.32 Å². The van der Waals surface area contributed by atoms with Crippen LogP contribution in [0.4, 0.5) is 0 Å². The minimum absolute atomic E-state index is 0.0603. The monoisotopic (exact) mass is 207 g/mol. The molecule has 0 aromatic rings. The molecule has 3 fully saturated rings. The summed E-state index contributed by atoms with van der Waals surface area (Å²) >= 11 is 0. The molecule has 2 bridgehead atoms. The molecule has 0 aromatic heterocycles. The van der Waals surface area contributed by atoms with Gasteiger partial charge in [-0.15, -0.1) is 0 Å². The third-order valence-electron chi connectivity index (χ3n) is 3.99. The Morgan fingerprint density at radius 1 is 1.53 bits per heavy atom. The SMILES string of the molecule is C=CC(=O)OC1C2CC3C(=O)NC1C3C2. The lowest BCUT2D eigenvalue weighted by molar-refractivity contribution is -0.146. The number of rotatable bonds is 2. The van der Waals surface area contributed by atoms with Crippen LogP contribution in [0.25, 0.3) is 0 Å². The fourth-order valence-corrected chi connectivity index (χ4v) is 3.43. The lowest BCUT2D eigenvalue weighted by Crippen LogP contribution is -2.41. The topological polar surface area (TPSA) is 55.4 Å². The normalized spacial score (nSPS) is 45.3. The Labute approximate surface area is 87.7 Å². The van der Waals surface area contributed by atoms with Crippen molar-refractivity contribution in [3.63, 3.8) is 0 Å². The molecule has 1 aliphatic heterocycles. The number of nitrogens with one attached hydrogen (secondary N) is 1. The standard InChI is InChI=1S/C11H13NO3/c1-2-8(13)15-10-5-3-6-7(4-5)11(14)12-9(6)10/h2,5-7,9-10H,1,3-4H2,(H,12,14). The Morgan fingerprint density at radius 3 is 3.07 bits per heavy atom. The summed E-state index contributed by atoms with van der Waals surface area (Å²) in [4.78, 5) is 22.7. The molecule has 1 heterocycles. The smallest absolute Gasteiger partial charge is 0.330 e. The van der Waals surface area contributed by atoms with Crippen molar-refractivity contribution < 1.29 is 14.3 Å². The van der Waals surface area contributed by atoms with Gasteiger partial charge in [0.25, 0.3) is 0 Å². The summed E-state index contributed by atoms with van der Waals surface area (Å²) in [5.74, 6) is 0.701. The summed E-state index contributed by atoms with van der Waals surface area (Å²) in [6.07, 6.45) is 2.95. The van der Waals surface area contributed by atoms with Crippen LogP contribution in [-0.2, 0) is 14.3 Å². The number of hydrogen-bond donors (Lipinski definition) is 1. The Bertz CT molecular complexity index is 352. The molecule has 80 valence electrons. The van der Waals surface area contributed by atoms with Crippen LogP contribution in [0.1, 0.15) is 12.8 Å². The number of carbonyl (C=O) groups is 2. The summed E-state index contributed by atoms with van der Waals surface area (Å²) in [6, 6.07) is 0.0603. The van der Waals surface area contributed by atoms with E-state index in [0.29, 0.717) is 11.8 Å². The highest BCUT2D eigenvalue weighted by Gasteiger charge is 2.61. The van der Waals surface area contributed by atoms with E-state index in [1.165, 1.54) is 6.08 Å². The number of esters is 1. The van der Waals surface area contributed by atoms with E-state index in [4.69, 9.17) is 4.74 Å². The molecule has 2 saturated carbocycles. The van der Waals surface area contributed by atoms with E-state index in [9.17, 15) is 9.59 Å². The van der Waals surface area contributed by atoms with E-state index in [2.05, 4.69) is 11.9 Å². The maximum Gasteiger partial charge on any atom is 0.330 e. The van der Waals surface area contributed by atoms with Gasteiger partial charge in [-0.25, -0.2) is 4.79 Å². The first-order valence-electron chi connectivity index (χ1n) is 5.34. The minimum Gasteiger partial charge on any atom is -0.457 e. The summed E-state index contributed by atoms with van der Waals surface area (Å²) in [5.41, 5.74) is 0. The first-order chi connectivity index (χ1) is 7.20. The summed E-state index contributed by atoms with van der Waals surface area (Å²) < 4.78 is 5.30. The van der Waals surface area contributed by atoms with Gasteiger partial charge in [-0.05, 0) is 24.7 Å². The largest absolute Gasteiger partial charge is 0.457 e. The third-order valence-corrected chi connectivity index (χ3v) is 3.99. The highest BCUT2D eigenvalue weighted by atomic mass is 16.5. The lowest BCUT2D eigenvalue weighted by atomic mass is 9.88. The Hall–Kier alpha value is -1.32. The molecule has 0 aromatic carbocycles. The van der Waals surface area contributed by atoms with Crippen molar-refractivity contribution in [3.8, 4) is 0 Å². The van der Waals surface area contributed by atoms with Gasteiger partial charge in [-0.2, -0.15) is 0 Å². The number of ether oxygens (including phenoxy) is 1. The van der Waals surface area contributed by atoms with Crippen molar-refractivity contribution in [2.24, 2.45) is 17.8 Å². The zero-order chi connectivity index (χ0) is 10.6. The van der Waals surface area contributed by atoms with Gasteiger partial charge in [-0.1, -0.05) is 6.58 Å². The Balaban J connectivity index is 1.80. The Kier molecular flexibility index (Phi) is 1.69. The average molecular weight is 207 g/mol. The molecule has 3 rings (SSSR count). The van der Waals surface area contributed by atoms with Gasteiger partial charge in [0.05, 0.1) is 6.04 Å². The second kappa shape index (κ2) is 2.84. The van der Waals surface area contributed by atoms with Gasteiger partial charge >= 0.3 is 5.97 Å². The van der Waals surface area contributed by atoms with Crippen molar-refractivity contribution in [1.29, 1.82) is 0 Å². The van der Waals surface area contributed by atoms with E-state index < -0.39 is 0 Å². The lowest BCUT2D eigenvalue weighted by Gasteiger charge is -2.25. The molecule has 4 heteroatoms. The second-order valence-corrected chi connectivity index (χ2v) is 4.64. The highest BCUT2D eigenvalue weighted by molar-refractivity contribution is 5.84. The maximum atomic E-state index is 11.5. The zero-order valence-corrected chi connectivity index (χ0v) is 8.31. The van der Waals surface area contributed by atoms with Crippen molar-refractivity contribution in [3.05, 3.63) is 12.7 Å². The molecule has 0 radical (unpaired) electrons. The number of hydrogen-bond acceptors (Lipinski definition) is 3. The van der Waals surface area contributed by atoms with E-state index in [0.717, 1.165) is 12.8 Å². The van der Waals surface area contributed by atoms with Gasteiger partial charge < -0.3 is 10.1 Å². The zero-order valence-electron chi connectivity index (χ0n) is 8.31. The van der Waals surface area contributed by atoms with Crippen LogP contribution in [0.3, 0.4) is 0 Å². The van der Waals surface area contributed by atoms with Gasteiger partial charge in [-0.3, -0.25) is 4.79 Å². The van der Waals surface area contributed by atoms with Crippen LogP contribution in [0.15, 0.2) is 12.7 Å². The highest BCUT2D eigenvalue weighted by Crippen LogP contribution is 2.53.